The molecule has 0 rings (SSSR count). The molecule has 0 fully saturated rings. The smallest absolute Gasteiger partial charge is 0.407 e. The molecule has 0 radical (unpaired) electrons. The molecule has 0 atom stereocenters. The number of ether oxygens (including phenoxy) is 3. The molecule has 0 aliphatic carbocycles. The number of alkyl carbamates (subject to hydrolysis) is 1. The van der Waals surface area contributed by atoms with Crippen molar-refractivity contribution in [2.24, 2.45) is 0 Å². The zero-order valence-corrected chi connectivity index (χ0v) is 8.65. The molecule has 0 spiro atoms. The fraction of sp³-hybridized carbons (Fsp3) is 0.556. The Kier molecular flexibility index (Phi) is 8.08. The van der Waals surface area contributed by atoms with E-state index in [0.717, 1.165) is 6.08 Å². The van der Waals surface area contributed by atoms with Gasteiger partial charge in [-0.3, -0.25) is 0 Å². The maximum Gasteiger partial charge on any atom is 0.407 e. The van der Waals surface area contributed by atoms with Crippen molar-refractivity contribution >= 4 is 12.1 Å². The molecule has 0 aromatic carbocycles. The van der Waals surface area contributed by atoms with Crippen molar-refractivity contribution in [3.8, 4) is 0 Å². The number of nitrogens with one attached hydrogen (secondary N) is 1. The molecule has 0 bridgehead atoms. The fourth-order valence-electron chi connectivity index (χ4n) is 0.632. The summed E-state index contributed by atoms with van der Waals surface area (Å²) in [6.07, 6.45) is 0.485. The Hall–Kier alpha value is -1.56. The van der Waals surface area contributed by atoms with Gasteiger partial charge in [-0.25, -0.2) is 9.59 Å². The molecule has 1 amide bonds. The highest BCUT2D eigenvalue weighted by Gasteiger charge is 2.01. The average molecular weight is 217 g/mol. The number of hydrogen-bond donors (Lipinski definition) is 1. The van der Waals surface area contributed by atoms with E-state index in [9.17, 15) is 9.59 Å². The molecule has 0 unspecified atom stereocenters. The van der Waals surface area contributed by atoms with Crippen LogP contribution in [0, 0.1) is 0 Å². The summed E-state index contributed by atoms with van der Waals surface area (Å²) in [6.45, 7) is 4.05. The van der Waals surface area contributed by atoms with E-state index in [1.165, 1.54) is 7.11 Å². The molecule has 86 valence electrons. The Morgan fingerprint density at radius 3 is 2.60 bits per heavy atom. The number of hydrogen-bond acceptors (Lipinski definition) is 5. The van der Waals surface area contributed by atoms with Gasteiger partial charge in [0.1, 0.15) is 13.2 Å². The minimum absolute atomic E-state index is 0.0875. The summed E-state index contributed by atoms with van der Waals surface area (Å²) in [4.78, 5) is 21.4. The van der Waals surface area contributed by atoms with Gasteiger partial charge >= 0.3 is 12.1 Å². The summed E-state index contributed by atoms with van der Waals surface area (Å²) in [5.41, 5.74) is 0. The second-order valence-corrected chi connectivity index (χ2v) is 2.43. The molecule has 0 aromatic heterocycles. The van der Waals surface area contributed by atoms with Gasteiger partial charge < -0.3 is 19.5 Å². The van der Waals surface area contributed by atoms with Crippen LogP contribution in [0.25, 0.3) is 0 Å². The lowest BCUT2D eigenvalue weighted by atomic mass is 10.6. The maximum absolute atomic E-state index is 10.9. The van der Waals surface area contributed by atoms with Crippen molar-refractivity contribution < 1.29 is 23.8 Å². The number of carbonyl (C=O) groups is 2. The van der Waals surface area contributed by atoms with E-state index in [2.05, 4.69) is 26.1 Å². The summed E-state index contributed by atoms with van der Waals surface area (Å²) < 4.78 is 14.0. The zero-order chi connectivity index (χ0) is 11.5. The molecule has 0 aromatic rings. The Morgan fingerprint density at radius 1 is 1.27 bits per heavy atom. The summed E-state index contributed by atoms with van der Waals surface area (Å²) in [5, 5.41) is 2.39. The van der Waals surface area contributed by atoms with Crippen LogP contribution >= 0.6 is 0 Å². The summed E-state index contributed by atoms with van der Waals surface area (Å²) in [5.74, 6) is -0.524. The van der Waals surface area contributed by atoms with Gasteiger partial charge in [-0.1, -0.05) is 6.58 Å². The number of esters is 1. The highest BCUT2D eigenvalue weighted by atomic mass is 16.6. The van der Waals surface area contributed by atoms with Gasteiger partial charge in [0.05, 0.1) is 13.2 Å². The molecular formula is C9H15NO5. The Bertz CT molecular complexity index is 217. The average Bonchev–Trinajstić information content (AvgIpc) is 2.24. The van der Waals surface area contributed by atoms with Crippen LogP contribution in [0.2, 0.25) is 0 Å². The molecular weight excluding hydrogens is 202 g/mol. The van der Waals surface area contributed by atoms with Gasteiger partial charge in [0.15, 0.2) is 0 Å². The summed E-state index contributed by atoms with van der Waals surface area (Å²) >= 11 is 0. The normalized spacial score (nSPS) is 9.13. The predicted molar refractivity (Wildman–Crippen MR) is 52.4 cm³/mol. The van der Waals surface area contributed by atoms with Gasteiger partial charge in [-0.15, -0.1) is 0 Å². The molecule has 1 N–H and O–H groups in total. The van der Waals surface area contributed by atoms with Crippen molar-refractivity contribution in [1.82, 2.24) is 5.32 Å². The summed E-state index contributed by atoms with van der Waals surface area (Å²) in [6, 6.07) is 0. The first-order valence-corrected chi connectivity index (χ1v) is 4.39. The second-order valence-electron chi connectivity index (χ2n) is 2.43. The van der Waals surface area contributed by atoms with Crippen LogP contribution in [0.1, 0.15) is 0 Å². The van der Waals surface area contributed by atoms with Crippen molar-refractivity contribution in [3.63, 3.8) is 0 Å². The lowest BCUT2D eigenvalue weighted by Crippen LogP contribution is -2.29. The van der Waals surface area contributed by atoms with Gasteiger partial charge in [-0.2, -0.15) is 0 Å². The number of amides is 1. The third-order valence-electron chi connectivity index (χ3n) is 1.30. The Morgan fingerprint density at radius 2 is 2.00 bits per heavy atom. The molecule has 0 aliphatic heterocycles. The van der Waals surface area contributed by atoms with Crippen LogP contribution in [0.3, 0.4) is 0 Å². The topological polar surface area (TPSA) is 73.9 Å². The maximum atomic E-state index is 10.9. The van der Waals surface area contributed by atoms with Crippen molar-refractivity contribution in [2.75, 3.05) is 33.5 Å². The SMILES string of the molecule is C=CC(=O)OCCNC(=O)OCCOC. The lowest BCUT2D eigenvalue weighted by Gasteiger charge is -2.06. The lowest BCUT2D eigenvalue weighted by molar-refractivity contribution is -0.137. The van der Waals surface area contributed by atoms with Gasteiger partial charge in [0.2, 0.25) is 0 Å². The minimum Gasteiger partial charge on any atom is -0.461 e. The molecule has 6 nitrogen and oxygen atoms in total. The second kappa shape index (κ2) is 9.01. The monoisotopic (exact) mass is 217 g/mol. The molecule has 6 heteroatoms. The van der Waals surface area contributed by atoms with Gasteiger partial charge in [0, 0.05) is 13.2 Å². The number of carbonyl (C=O) groups excluding carboxylic acids is 2. The van der Waals surface area contributed by atoms with E-state index >= 15 is 0 Å². The van der Waals surface area contributed by atoms with Crippen LogP contribution in [-0.4, -0.2) is 45.5 Å². The third kappa shape index (κ3) is 8.76. The molecule has 0 aliphatic rings. The minimum atomic E-state index is -0.568. The van der Waals surface area contributed by atoms with Gasteiger partial charge in [-0.05, 0) is 0 Å². The molecule has 0 heterocycles. The van der Waals surface area contributed by atoms with E-state index in [0.29, 0.717) is 6.61 Å². The van der Waals surface area contributed by atoms with Crippen LogP contribution < -0.4 is 5.32 Å². The first kappa shape index (κ1) is 13.4. The van der Waals surface area contributed by atoms with Crippen LogP contribution in [-0.2, 0) is 19.0 Å². The van der Waals surface area contributed by atoms with E-state index in [4.69, 9.17) is 0 Å². The first-order valence-electron chi connectivity index (χ1n) is 4.39. The van der Waals surface area contributed by atoms with Crippen LogP contribution in [0.5, 0.6) is 0 Å². The van der Waals surface area contributed by atoms with E-state index in [1.54, 1.807) is 0 Å². The Balaban J connectivity index is 3.31. The highest BCUT2D eigenvalue weighted by Crippen LogP contribution is 1.80. The van der Waals surface area contributed by atoms with Crippen molar-refractivity contribution in [3.05, 3.63) is 12.7 Å². The molecule has 0 saturated heterocycles. The largest absolute Gasteiger partial charge is 0.461 e. The van der Waals surface area contributed by atoms with E-state index in [-0.39, 0.29) is 19.8 Å². The standard InChI is InChI=1S/C9H15NO5/c1-3-8(11)14-5-4-10-9(12)15-7-6-13-2/h3H,1,4-7H2,2H3,(H,10,12). The summed E-state index contributed by atoms with van der Waals surface area (Å²) in [7, 11) is 1.51. The van der Waals surface area contributed by atoms with Gasteiger partial charge in [0.25, 0.3) is 0 Å². The molecule has 15 heavy (non-hydrogen) atoms. The number of methoxy groups -OCH3 is 1. The third-order valence-corrected chi connectivity index (χ3v) is 1.30. The van der Waals surface area contributed by atoms with E-state index < -0.39 is 12.1 Å². The quantitative estimate of drug-likeness (QED) is 0.371. The number of rotatable bonds is 7. The van der Waals surface area contributed by atoms with Crippen LogP contribution in [0.15, 0.2) is 12.7 Å². The molecule has 0 saturated carbocycles. The van der Waals surface area contributed by atoms with Crippen LogP contribution in [0.4, 0.5) is 4.79 Å². The first-order chi connectivity index (χ1) is 7.20. The Labute approximate surface area is 88.2 Å². The van der Waals surface area contributed by atoms with Crippen molar-refractivity contribution in [1.29, 1.82) is 0 Å². The fourth-order valence-corrected chi connectivity index (χ4v) is 0.632. The zero-order valence-electron chi connectivity index (χ0n) is 8.65. The highest BCUT2D eigenvalue weighted by molar-refractivity contribution is 5.81. The predicted octanol–water partition coefficient (Wildman–Crippen LogP) is 0.0882. The van der Waals surface area contributed by atoms with E-state index in [1.807, 2.05) is 0 Å². The van der Waals surface area contributed by atoms with Crippen molar-refractivity contribution in [2.45, 2.75) is 0 Å².